The van der Waals surface area contributed by atoms with E-state index >= 15 is 0 Å². The van der Waals surface area contributed by atoms with Crippen molar-refractivity contribution in [1.29, 1.82) is 0 Å². The van der Waals surface area contributed by atoms with Gasteiger partial charge in [-0.1, -0.05) is 35.5 Å². The average Bonchev–Trinajstić information content (AvgIpc) is 2.14. The van der Waals surface area contributed by atoms with Gasteiger partial charge in [0.25, 0.3) is 0 Å². The highest BCUT2D eigenvalue weighted by atomic mass is 16.6. The lowest BCUT2D eigenvalue weighted by Gasteiger charge is -2.59. The molecule has 0 aromatic heterocycles. The number of benzene rings is 1. The summed E-state index contributed by atoms with van der Waals surface area (Å²) in [5, 5.41) is 4.07. The first-order valence-electron chi connectivity index (χ1n) is 5.57. The minimum absolute atomic E-state index is 0.446. The van der Waals surface area contributed by atoms with E-state index in [1.54, 1.807) is 0 Å². The molecule has 15 heavy (non-hydrogen) atoms. The molecular weight excluding hydrogens is 186 g/mol. The molecule has 0 spiro atoms. The van der Waals surface area contributed by atoms with Crippen LogP contribution in [0, 0.1) is 11.3 Å². The van der Waals surface area contributed by atoms with E-state index < -0.39 is 0 Å². The second-order valence-electron chi connectivity index (χ2n) is 4.83. The fourth-order valence-electron chi connectivity index (χ4n) is 2.54. The van der Waals surface area contributed by atoms with Crippen LogP contribution in [0.1, 0.15) is 24.8 Å². The number of hydrogen-bond donors (Lipinski definition) is 0. The molecule has 0 heterocycles. The molecule has 0 N–H and O–H groups in total. The number of oxime groups is 1. The minimum atomic E-state index is 0.446. The Morgan fingerprint density at radius 2 is 2.00 bits per heavy atom. The summed E-state index contributed by atoms with van der Waals surface area (Å²) in [5.41, 5.74) is 1.62. The molecule has 1 aromatic carbocycles. The monoisotopic (exact) mass is 201 g/mol. The molecule has 3 fully saturated rings. The number of rotatable bonds is 4. The third kappa shape index (κ3) is 1.65. The fourth-order valence-corrected chi connectivity index (χ4v) is 2.54. The molecule has 0 unspecified atom stereocenters. The van der Waals surface area contributed by atoms with Crippen molar-refractivity contribution in [2.75, 3.05) is 0 Å². The summed E-state index contributed by atoms with van der Waals surface area (Å²) in [7, 11) is 0. The molecule has 4 rings (SSSR count). The van der Waals surface area contributed by atoms with Crippen LogP contribution in [0.2, 0.25) is 0 Å². The smallest absolute Gasteiger partial charge is 0.142 e. The second-order valence-corrected chi connectivity index (χ2v) is 4.83. The molecule has 0 aliphatic heterocycles. The summed E-state index contributed by atoms with van der Waals surface area (Å²) in [4.78, 5) is 5.29. The molecule has 3 aliphatic carbocycles. The van der Waals surface area contributed by atoms with Crippen molar-refractivity contribution < 1.29 is 4.84 Å². The fraction of sp³-hybridized carbons (Fsp3) is 0.462. The van der Waals surface area contributed by atoms with Gasteiger partial charge in [-0.3, -0.25) is 0 Å². The molecule has 2 heteroatoms. The van der Waals surface area contributed by atoms with Crippen LogP contribution in [-0.2, 0) is 11.4 Å². The lowest BCUT2D eigenvalue weighted by atomic mass is 9.45. The number of nitrogens with zero attached hydrogens (tertiary/aromatic N) is 1. The largest absolute Gasteiger partial charge is 0.391 e. The van der Waals surface area contributed by atoms with Crippen LogP contribution in [0.25, 0.3) is 0 Å². The van der Waals surface area contributed by atoms with Crippen LogP contribution in [0.5, 0.6) is 0 Å². The van der Waals surface area contributed by atoms with Crippen LogP contribution >= 0.6 is 0 Å². The molecule has 2 nitrogen and oxygen atoms in total. The van der Waals surface area contributed by atoms with E-state index in [0.717, 1.165) is 5.92 Å². The summed E-state index contributed by atoms with van der Waals surface area (Å²) < 4.78 is 0. The van der Waals surface area contributed by atoms with E-state index in [0.29, 0.717) is 12.0 Å². The van der Waals surface area contributed by atoms with E-state index in [9.17, 15) is 0 Å². The first-order valence-corrected chi connectivity index (χ1v) is 5.57. The zero-order valence-corrected chi connectivity index (χ0v) is 8.73. The van der Waals surface area contributed by atoms with E-state index in [4.69, 9.17) is 4.84 Å². The lowest BCUT2D eigenvalue weighted by Crippen LogP contribution is -2.52. The van der Waals surface area contributed by atoms with Crippen LogP contribution in [0.15, 0.2) is 35.5 Å². The summed E-state index contributed by atoms with van der Waals surface area (Å²) in [5.74, 6) is 1.01. The van der Waals surface area contributed by atoms with Gasteiger partial charge in [0.15, 0.2) is 0 Å². The Morgan fingerprint density at radius 1 is 1.27 bits per heavy atom. The zero-order chi connectivity index (χ0) is 10.1. The molecular formula is C13H15NO. The molecule has 3 saturated carbocycles. The maximum atomic E-state index is 5.29. The van der Waals surface area contributed by atoms with E-state index in [1.807, 2.05) is 24.4 Å². The van der Waals surface area contributed by atoms with E-state index in [-0.39, 0.29) is 0 Å². The Balaban J connectivity index is 1.47. The van der Waals surface area contributed by atoms with Crippen LogP contribution in [0.4, 0.5) is 0 Å². The predicted molar refractivity (Wildman–Crippen MR) is 59.5 cm³/mol. The Bertz CT molecular complexity index is 354. The van der Waals surface area contributed by atoms with Gasteiger partial charge in [0.1, 0.15) is 6.61 Å². The number of hydrogen-bond acceptors (Lipinski definition) is 2. The molecule has 0 amide bonds. The third-order valence-corrected chi connectivity index (χ3v) is 3.56. The summed E-state index contributed by atoms with van der Waals surface area (Å²) in [6.45, 7) is 0.580. The molecule has 2 bridgehead atoms. The lowest BCUT2D eigenvalue weighted by molar-refractivity contribution is -0.0393. The summed E-state index contributed by atoms with van der Waals surface area (Å²) in [6.07, 6.45) is 6.04. The van der Waals surface area contributed by atoms with Gasteiger partial charge in [-0.2, -0.15) is 0 Å². The Labute approximate surface area is 89.9 Å². The summed E-state index contributed by atoms with van der Waals surface area (Å²) in [6, 6.07) is 10.1. The van der Waals surface area contributed by atoms with Crippen molar-refractivity contribution >= 4 is 6.21 Å². The summed E-state index contributed by atoms with van der Waals surface area (Å²) >= 11 is 0. The second kappa shape index (κ2) is 3.37. The van der Waals surface area contributed by atoms with Gasteiger partial charge in [-0.05, 0) is 30.7 Å². The van der Waals surface area contributed by atoms with Crippen LogP contribution < -0.4 is 0 Å². The highest BCUT2D eigenvalue weighted by Crippen LogP contribution is 2.63. The molecule has 0 atom stereocenters. The van der Waals surface area contributed by atoms with Gasteiger partial charge in [-0.15, -0.1) is 0 Å². The highest BCUT2D eigenvalue weighted by molar-refractivity contribution is 5.69. The van der Waals surface area contributed by atoms with E-state index in [2.05, 4.69) is 17.3 Å². The zero-order valence-electron chi connectivity index (χ0n) is 8.73. The van der Waals surface area contributed by atoms with Crippen molar-refractivity contribution in [2.24, 2.45) is 16.5 Å². The normalized spacial score (nSPS) is 32.1. The van der Waals surface area contributed by atoms with Crippen LogP contribution in [-0.4, -0.2) is 6.21 Å². The maximum Gasteiger partial charge on any atom is 0.142 e. The van der Waals surface area contributed by atoms with Gasteiger partial charge < -0.3 is 4.84 Å². The van der Waals surface area contributed by atoms with Gasteiger partial charge in [0.05, 0.1) is 0 Å². The van der Waals surface area contributed by atoms with Crippen molar-refractivity contribution in [3.8, 4) is 0 Å². The first-order chi connectivity index (χ1) is 7.36. The van der Waals surface area contributed by atoms with E-state index in [1.165, 1.54) is 24.8 Å². The van der Waals surface area contributed by atoms with Gasteiger partial charge in [0, 0.05) is 11.6 Å². The quantitative estimate of drug-likeness (QED) is 0.542. The Kier molecular flexibility index (Phi) is 2.01. The maximum absolute atomic E-state index is 5.29. The molecule has 78 valence electrons. The standard InChI is InChI=1S/C13H15NO/c1-2-4-11(5-3-1)9-15-14-10-13-6-12(7-13)8-13/h1-5,10,12H,6-9H2/b14-10-. The Morgan fingerprint density at radius 3 is 2.60 bits per heavy atom. The Hall–Kier alpha value is -1.31. The van der Waals surface area contributed by atoms with Crippen molar-refractivity contribution in [3.05, 3.63) is 35.9 Å². The predicted octanol–water partition coefficient (Wildman–Crippen LogP) is 2.99. The van der Waals surface area contributed by atoms with Gasteiger partial charge in [0.2, 0.25) is 0 Å². The SMILES string of the molecule is C(=N/OCc1ccccc1)/C12CC(C1)C2. The molecule has 1 aromatic rings. The molecule has 0 saturated heterocycles. The van der Waals surface area contributed by atoms with Crippen molar-refractivity contribution in [2.45, 2.75) is 25.9 Å². The van der Waals surface area contributed by atoms with Gasteiger partial charge >= 0.3 is 0 Å². The average molecular weight is 201 g/mol. The van der Waals surface area contributed by atoms with Crippen molar-refractivity contribution in [3.63, 3.8) is 0 Å². The highest BCUT2D eigenvalue weighted by Gasteiger charge is 2.55. The first kappa shape index (κ1) is 8.96. The van der Waals surface area contributed by atoms with Gasteiger partial charge in [-0.25, -0.2) is 0 Å². The minimum Gasteiger partial charge on any atom is -0.391 e. The molecule has 3 aliphatic rings. The molecule has 0 radical (unpaired) electrons. The topological polar surface area (TPSA) is 21.6 Å². The van der Waals surface area contributed by atoms with Crippen molar-refractivity contribution in [1.82, 2.24) is 0 Å². The van der Waals surface area contributed by atoms with Crippen LogP contribution in [0.3, 0.4) is 0 Å². The third-order valence-electron chi connectivity index (χ3n) is 3.56.